The zero-order chi connectivity index (χ0) is 12.9. The number of nitrogens with zero attached hydrogens (tertiary/aromatic N) is 2. The van der Waals surface area contributed by atoms with Crippen LogP contribution in [-0.4, -0.2) is 48.8 Å². The van der Waals surface area contributed by atoms with Crippen LogP contribution in [0, 0.1) is 0 Å². The van der Waals surface area contributed by atoms with Crippen molar-refractivity contribution in [1.82, 2.24) is 15.4 Å². The van der Waals surface area contributed by atoms with Crippen LogP contribution >= 0.6 is 0 Å². The van der Waals surface area contributed by atoms with E-state index in [0.29, 0.717) is 4.90 Å². The van der Waals surface area contributed by atoms with Gasteiger partial charge in [-0.3, -0.25) is 4.79 Å². The predicted molar refractivity (Wildman–Crippen MR) is 52.4 cm³/mol. The number of rotatable bonds is 5. The summed E-state index contributed by atoms with van der Waals surface area (Å²) in [6.07, 6.45) is -3.30. The van der Waals surface area contributed by atoms with E-state index < -0.39 is 18.6 Å². The quantitative estimate of drug-likeness (QED) is 0.844. The fraction of sp³-hybridized carbons (Fsp3) is 0.556. The van der Waals surface area contributed by atoms with Crippen LogP contribution in [0.15, 0.2) is 16.9 Å². The second-order valence-corrected chi connectivity index (χ2v) is 3.33. The van der Waals surface area contributed by atoms with Gasteiger partial charge < -0.3 is 14.7 Å². The van der Waals surface area contributed by atoms with Crippen LogP contribution in [-0.2, 0) is 0 Å². The summed E-state index contributed by atoms with van der Waals surface area (Å²) in [6, 6.07) is 1.23. The van der Waals surface area contributed by atoms with Crippen molar-refractivity contribution in [2.24, 2.45) is 0 Å². The first-order valence-electron chi connectivity index (χ1n) is 4.85. The first kappa shape index (κ1) is 13.5. The summed E-state index contributed by atoms with van der Waals surface area (Å²) >= 11 is 0. The molecular weight excluding hydrogens is 239 g/mol. The Morgan fingerprint density at radius 3 is 2.76 bits per heavy atom. The summed E-state index contributed by atoms with van der Waals surface area (Å²) in [7, 11) is 1.59. The Kier molecular flexibility index (Phi) is 4.50. The lowest BCUT2D eigenvalue weighted by molar-refractivity contribution is -0.140. The van der Waals surface area contributed by atoms with Gasteiger partial charge in [0.1, 0.15) is 12.8 Å². The van der Waals surface area contributed by atoms with Gasteiger partial charge in [0.05, 0.1) is 0 Å². The summed E-state index contributed by atoms with van der Waals surface area (Å²) in [6.45, 7) is -1.10. The summed E-state index contributed by atoms with van der Waals surface area (Å²) in [4.78, 5) is 12.3. The van der Waals surface area contributed by atoms with Crippen molar-refractivity contribution in [1.29, 1.82) is 0 Å². The van der Waals surface area contributed by atoms with Crippen LogP contribution < -0.4 is 5.32 Å². The number of halogens is 3. The maximum atomic E-state index is 12.3. The molecule has 0 saturated carbocycles. The van der Waals surface area contributed by atoms with E-state index in [1.807, 2.05) is 0 Å². The minimum atomic E-state index is -4.44. The lowest BCUT2D eigenvalue weighted by atomic mass is 10.3. The maximum absolute atomic E-state index is 12.3. The standard InChI is InChI=1S/C9H12F3N3O2/c1-13-3-4-15(6-9(10,11)12)8(16)7-2-5-17-14-7/h2,5,13H,3-4,6H2,1H3. The van der Waals surface area contributed by atoms with E-state index in [2.05, 4.69) is 15.0 Å². The molecule has 0 aliphatic carbocycles. The van der Waals surface area contributed by atoms with E-state index >= 15 is 0 Å². The highest BCUT2D eigenvalue weighted by molar-refractivity contribution is 5.92. The van der Waals surface area contributed by atoms with Gasteiger partial charge in [-0.25, -0.2) is 0 Å². The third-order valence-electron chi connectivity index (χ3n) is 1.95. The average Bonchev–Trinajstić information content (AvgIpc) is 2.74. The molecule has 1 heterocycles. The molecule has 0 atom stereocenters. The Morgan fingerprint density at radius 2 is 2.29 bits per heavy atom. The molecule has 0 saturated heterocycles. The van der Waals surface area contributed by atoms with Gasteiger partial charge in [0.25, 0.3) is 5.91 Å². The first-order chi connectivity index (χ1) is 7.94. The smallest absolute Gasteiger partial charge is 0.364 e. The number of alkyl halides is 3. The monoisotopic (exact) mass is 251 g/mol. The topological polar surface area (TPSA) is 58.4 Å². The molecule has 0 radical (unpaired) electrons. The maximum Gasteiger partial charge on any atom is 0.406 e. The summed E-state index contributed by atoms with van der Waals surface area (Å²) in [5.41, 5.74) is -0.134. The lowest BCUT2D eigenvalue weighted by Crippen LogP contribution is -2.42. The minimum Gasteiger partial charge on any atom is -0.364 e. The Balaban J connectivity index is 2.72. The van der Waals surface area contributed by atoms with Crippen molar-refractivity contribution in [2.45, 2.75) is 6.18 Å². The number of carbonyl (C=O) groups is 1. The van der Waals surface area contributed by atoms with Gasteiger partial charge in [-0.15, -0.1) is 0 Å². The molecule has 96 valence electrons. The van der Waals surface area contributed by atoms with E-state index in [4.69, 9.17) is 0 Å². The lowest BCUT2D eigenvalue weighted by Gasteiger charge is -2.22. The molecule has 0 fully saturated rings. The van der Waals surface area contributed by atoms with E-state index in [9.17, 15) is 18.0 Å². The molecular formula is C9H12F3N3O2. The average molecular weight is 251 g/mol. The van der Waals surface area contributed by atoms with Gasteiger partial charge in [0.2, 0.25) is 0 Å². The highest BCUT2D eigenvalue weighted by Gasteiger charge is 2.33. The summed E-state index contributed by atoms with van der Waals surface area (Å²) in [5.74, 6) is -0.800. The zero-order valence-corrected chi connectivity index (χ0v) is 9.12. The van der Waals surface area contributed by atoms with Crippen molar-refractivity contribution in [3.05, 3.63) is 18.0 Å². The molecule has 1 aromatic rings. The third-order valence-corrected chi connectivity index (χ3v) is 1.95. The largest absolute Gasteiger partial charge is 0.406 e. The molecule has 8 heteroatoms. The molecule has 17 heavy (non-hydrogen) atoms. The molecule has 0 unspecified atom stereocenters. The zero-order valence-electron chi connectivity index (χ0n) is 9.12. The molecule has 0 spiro atoms. The Labute approximate surface area is 95.6 Å². The van der Waals surface area contributed by atoms with Gasteiger partial charge in [-0.05, 0) is 7.05 Å². The van der Waals surface area contributed by atoms with Crippen molar-refractivity contribution in [2.75, 3.05) is 26.7 Å². The summed E-state index contributed by atoms with van der Waals surface area (Å²) in [5, 5.41) is 6.00. The highest BCUT2D eigenvalue weighted by Crippen LogP contribution is 2.17. The fourth-order valence-corrected chi connectivity index (χ4v) is 1.20. The Hall–Kier alpha value is -1.57. The number of amides is 1. The number of likely N-dealkylation sites (N-methyl/N-ethyl adjacent to an activating group) is 1. The van der Waals surface area contributed by atoms with Crippen LogP contribution in [0.1, 0.15) is 10.5 Å². The van der Waals surface area contributed by atoms with E-state index in [-0.39, 0.29) is 18.8 Å². The third kappa shape index (κ3) is 4.43. The van der Waals surface area contributed by atoms with Gasteiger partial charge in [-0.1, -0.05) is 5.16 Å². The molecule has 5 nitrogen and oxygen atoms in total. The van der Waals surface area contributed by atoms with Gasteiger partial charge in [-0.2, -0.15) is 13.2 Å². The van der Waals surface area contributed by atoms with E-state index in [1.165, 1.54) is 6.07 Å². The van der Waals surface area contributed by atoms with Crippen LogP contribution in [0.4, 0.5) is 13.2 Å². The second-order valence-electron chi connectivity index (χ2n) is 3.33. The van der Waals surface area contributed by atoms with Gasteiger partial charge in [0, 0.05) is 19.2 Å². The van der Waals surface area contributed by atoms with E-state index in [1.54, 1.807) is 7.05 Å². The molecule has 1 amide bonds. The molecule has 1 aromatic heterocycles. The van der Waals surface area contributed by atoms with Gasteiger partial charge >= 0.3 is 6.18 Å². The SMILES string of the molecule is CNCCN(CC(F)(F)F)C(=O)c1ccon1. The molecule has 0 aliphatic rings. The summed E-state index contributed by atoms with van der Waals surface area (Å²) < 4.78 is 41.3. The normalized spacial score (nSPS) is 11.5. The molecule has 0 aromatic carbocycles. The number of aromatic nitrogens is 1. The van der Waals surface area contributed by atoms with Crippen molar-refractivity contribution in [3.8, 4) is 0 Å². The van der Waals surface area contributed by atoms with Crippen LogP contribution in [0.2, 0.25) is 0 Å². The molecule has 0 aliphatic heterocycles. The van der Waals surface area contributed by atoms with Gasteiger partial charge in [0.15, 0.2) is 5.69 Å². The fourth-order valence-electron chi connectivity index (χ4n) is 1.20. The molecule has 0 bridgehead atoms. The predicted octanol–water partition coefficient (Wildman–Crippen LogP) is 0.898. The first-order valence-corrected chi connectivity index (χ1v) is 4.85. The van der Waals surface area contributed by atoms with Crippen molar-refractivity contribution in [3.63, 3.8) is 0 Å². The second kappa shape index (κ2) is 5.67. The van der Waals surface area contributed by atoms with Crippen molar-refractivity contribution < 1.29 is 22.5 Å². The Bertz CT molecular complexity index is 351. The molecule has 1 N–H and O–H groups in total. The molecule has 1 rings (SSSR count). The van der Waals surface area contributed by atoms with Crippen LogP contribution in [0.25, 0.3) is 0 Å². The van der Waals surface area contributed by atoms with Crippen LogP contribution in [0.3, 0.4) is 0 Å². The Morgan fingerprint density at radius 1 is 1.59 bits per heavy atom. The van der Waals surface area contributed by atoms with E-state index in [0.717, 1.165) is 6.26 Å². The number of nitrogens with one attached hydrogen (secondary N) is 1. The number of hydrogen-bond donors (Lipinski definition) is 1. The highest BCUT2D eigenvalue weighted by atomic mass is 19.4. The minimum absolute atomic E-state index is 0.0539. The number of hydrogen-bond acceptors (Lipinski definition) is 4. The number of carbonyl (C=O) groups excluding carboxylic acids is 1. The van der Waals surface area contributed by atoms with Crippen molar-refractivity contribution >= 4 is 5.91 Å². The van der Waals surface area contributed by atoms with Crippen LogP contribution in [0.5, 0.6) is 0 Å².